The van der Waals surface area contributed by atoms with E-state index in [9.17, 15) is 0 Å². The summed E-state index contributed by atoms with van der Waals surface area (Å²) in [5, 5.41) is 126. The van der Waals surface area contributed by atoms with Crippen molar-refractivity contribution in [2.24, 2.45) is 0 Å². The van der Waals surface area contributed by atoms with Gasteiger partial charge < -0.3 is 95.9 Å². The molecule has 0 aliphatic heterocycles. The quantitative estimate of drug-likeness (QED) is 0.0628. The molecule has 0 aliphatic rings. The highest BCUT2D eigenvalue weighted by molar-refractivity contribution is 5.21. The maximum atomic E-state index is 8.64. The summed E-state index contributed by atoms with van der Waals surface area (Å²) in [6.45, 7) is 1.30. The Morgan fingerprint density at radius 2 is 0.438 bits per heavy atom. The first-order valence-electron chi connectivity index (χ1n) is 14.3. The molecule has 1 aromatic carbocycles. The fourth-order valence-corrected chi connectivity index (χ4v) is 1.43. The van der Waals surface area contributed by atoms with E-state index in [0.717, 1.165) is 11.1 Å². The monoisotopic (exact) mass is 720 g/mol. The van der Waals surface area contributed by atoms with E-state index in [0.29, 0.717) is 39.6 Å². The first-order valence-corrected chi connectivity index (χ1v) is 14.3. The second-order valence-corrected chi connectivity index (χ2v) is 7.10. The van der Waals surface area contributed by atoms with Crippen molar-refractivity contribution in [3.8, 4) is 0 Å². The van der Waals surface area contributed by atoms with Crippen LogP contribution in [0.2, 0.25) is 0 Å². The van der Waals surface area contributed by atoms with Crippen LogP contribution in [0.5, 0.6) is 0 Å². The smallest absolute Gasteiger partial charge is 0.0701 e. The van der Waals surface area contributed by atoms with Gasteiger partial charge in [0.25, 0.3) is 0 Å². The minimum absolute atomic E-state index is 0. The van der Waals surface area contributed by atoms with Crippen molar-refractivity contribution in [3.63, 3.8) is 0 Å². The van der Waals surface area contributed by atoms with Crippen LogP contribution in [0.3, 0.4) is 0 Å². The van der Waals surface area contributed by atoms with E-state index in [2.05, 4.69) is 4.74 Å². The van der Waals surface area contributed by atoms with E-state index in [-0.39, 0.29) is 113 Å². The van der Waals surface area contributed by atoms with Crippen LogP contribution in [-0.2, 0) is 27.4 Å². The fraction of sp³-hybridized carbons (Fsp3) is 0.793. The number of rotatable bonds is 18. The molecule has 0 aliphatic carbocycles. The molecule has 0 fully saturated rings. The number of ether oxygens (including phenoxy) is 3. The van der Waals surface area contributed by atoms with Gasteiger partial charge >= 0.3 is 0 Å². The third kappa shape index (κ3) is 104. The minimum atomic E-state index is -0.125. The topological polar surface area (TPSA) is 351 Å². The van der Waals surface area contributed by atoms with Crippen LogP contribution in [0.15, 0.2) is 24.3 Å². The normalized spacial score (nSPS) is 8.67. The molecular formula is C29H68O19. The van der Waals surface area contributed by atoms with Crippen molar-refractivity contribution in [2.45, 2.75) is 20.6 Å². The van der Waals surface area contributed by atoms with Gasteiger partial charge in [0.2, 0.25) is 0 Å². The zero-order chi connectivity index (χ0) is 37.7. The molecule has 0 atom stereocenters. The summed E-state index contributed by atoms with van der Waals surface area (Å²) in [5.74, 6) is 0. The molecule has 16 N–H and O–H groups in total. The Balaban J connectivity index is -0.0000000658. The second-order valence-electron chi connectivity index (χ2n) is 7.10. The predicted octanol–water partition coefficient (Wildman–Crippen LogP) is -5.85. The van der Waals surface area contributed by atoms with Gasteiger partial charge in [-0.25, -0.2) is 0 Å². The van der Waals surface area contributed by atoms with E-state index in [1.807, 2.05) is 0 Å². The van der Waals surface area contributed by atoms with Crippen molar-refractivity contribution < 1.29 is 95.9 Å². The first kappa shape index (κ1) is 64.9. The van der Waals surface area contributed by atoms with Gasteiger partial charge in [-0.05, 0) is 11.1 Å². The molecule has 0 heterocycles. The Hall–Kier alpha value is -1.54. The van der Waals surface area contributed by atoms with E-state index >= 15 is 0 Å². The van der Waals surface area contributed by atoms with Gasteiger partial charge in [-0.2, -0.15) is 0 Å². The number of aliphatic hydroxyl groups excluding tert-OH is 16. The Labute approximate surface area is 284 Å². The van der Waals surface area contributed by atoms with Crippen LogP contribution < -0.4 is 0 Å². The molecule has 0 saturated carbocycles. The van der Waals surface area contributed by atoms with Crippen LogP contribution in [0.4, 0.5) is 0 Å². The molecule has 1 aromatic rings. The lowest BCUT2D eigenvalue weighted by atomic mass is 10.1. The molecule has 1 rings (SSSR count). The molecule has 0 radical (unpaired) electrons. The summed E-state index contributed by atoms with van der Waals surface area (Å²) in [6, 6.07) is 7.19. The third-order valence-corrected chi connectivity index (χ3v) is 3.20. The Morgan fingerprint density at radius 1 is 0.271 bits per heavy atom. The van der Waals surface area contributed by atoms with Gasteiger partial charge in [-0.1, -0.05) is 31.7 Å². The lowest BCUT2D eigenvalue weighted by molar-refractivity contribution is 0.0222. The number of benzene rings is 1. The van der Waals surface area contributed by atoms with Crippen LogP contribution in [0.1, 0.15) is 18.6 Å². The average molecular weight is 721 g/mol. The molecule has 0 amide bonds. The van der Waals surface area contributed by atoms with Gasteiger partial charge in [0, 0.05) is 0 Å². The maximum absolute atomic E-state index is 8.64. The van der Waals surface area contributed by atoms with Crippen molar-refractivity contribution >= 4 is 0 Å². The summed E-state index contributed by atoms with van der Waals surface area (Å²) in [4.78, 5) is 0. The Kier molecular flexibility index (Phi) is 109. The third-order valence-electron chi connectivity index (χ3n) is 3.20. The maximum Gasteiger partial charge on any atom is 0.0701 e. The molecule has 0 aromatic heterocycles. The molecule has 0 saturated heterocycles. The lowest BCUT2D eigenvalue weighted by Crippen LogP contribution is -2.09. The first-order chi connectivity index (χ1) is 22.8. The van der Waals surface area contributed by atoms with E-state index < -0.39 is 0 Å². The Morgan fingerprint density at radius 3 is 0.562 bits per heavy atom. The Bertz CT molecular complexity index is 464. The average Bonchev–Trinajstić information content (AvgIpc) is 3.14. The zero-order valence-corrected chi connectivity index (χ0v) is 27.2. The minimum Gasteiger partial charge on any atom is -0.394 e. The number of hydrogen-bond acceptors (Lipinski definition) is 19. The number of hydrogen-bond donors (Lipinski definition) is 16. The van der Waals surface area contributed by atoms with Crippen molar-refractivity contribution in [1.82, 2.24) is 0 Å². The summed E-state index contributed by atoms with van der Waals surface area (Å²) in [6.07, 6.45) is 0. The molecule has 298 valence electrons. The summed E-state index contributed by atoms with van der Waals surface area (Å²) < 4.78 is 14.4. The second kappa shape index (κ2) is 80.3. The summed E-state index contributed by atoms with van der Waals surface area (Å²) in [5.41, 5.74) is 1.74. The van der Waals surface area contributed by atoms with Gasteiger partial charge in [-0.15, -0.1) is 0 Å². The van der Waals surface area contributed by atoms with Crippen molar-refractivity contribution in [3.05, 3.63) is 35.4 Å². The molecular weight excluding hydrogens is 652 g/mol. The fourth-order valence-electron chi connectivity index (χ4n) is 1.43. The molecule has 19 heteroatoms. The van der Waals surface area contributed by atoms with Crippen LogP contribution in [-0.4, -0.2) is 214 Å². The van der Waals surface area contributed by atoms with Gasteiger partial charge in [-0.3, -0.25) is 0 Å². The molecule has 0 bridgehead atoms. The molecule has 48 heavy (non-hydrogen) atoms. The van der Waals surface area contributed by atoms with E-state index in [4.69, 9.17) is 91.2 Å². The molecule has 0 spiro atoms. The van der Waals surface area contributed by atoms with E-state index in [1.165, 1.54) is 0 Å². The molecule has 19 nitrogen and oxygen atoms in total. The zero-order valence-electron chi connectivity index (χ0n) is 27.2. The summed E-state index contributed by atoms with van der Waals surface area (Å²) in [7, 11) is 0. The highest BCUT2D eigenvalue weighted by Gasteiger charge is 1.90. The lowest BCUT2D eigenvalue weighted by Gasteiger charge is -2.01. The van der Waals surface area contributed by atoms with Crippen molar-refractivity contribution in [1.29, 1.82) is 0 Å². The number of aliphatic hydroxyl groups is 16. The van der Waals surface area contributed by atoms with Crippen molar-refractivity contribution in [2.75, 3.05) is 132 Å². The highest BCUT2D eigenvalue weighted by Crippen LogP contribution is 2.03. The van der Waals surface area contributed by atoms with Crippen LogP contribution in [0.25, 0.3) is 0 Å². The van der Waals surface area contributed by atoms with Gasteiger partial charge in [0.05, 0.1) is 145 Å². The van der Waals surface area contributed by atoms with Crippen LogP contribution >= 0.6 is 0 Å². The predicted molar refractivity (Wildman–Crippen MR) is 177 cm³/mol. The van der Waals surface area contributed by atoms with Gasteiger partial charge in [0.1, 0.15) is 0 Å². The highest BCUT2D eigenvalue weighted by atomic mass is 16.5. The summed E-state index contributed by atoms with van der Waals surface area (Å²) >= 11 is 0. The largest absolute Gasteiger partial charge is 0.394 e. The standard InChI is InChI=1S/C8H10O2.C6H14O4.C4H10O3.5C2H6O2.CH4/c9-5-7-1-2-8(6-10)4-3-7;7-1-3-9-5-6-10-4-2-8;5-1-3-7-4-2-6;5*3-1-2-4;/h1-4,9-10H,5-6H2;7-8H,1-6H2;5-6H,1-4H2;5*3-4H,1-2H2;1H4. The van der Waals surface area contributed by atoms with E-state index in [1.54, 1.807) is 24.3 Å². The SMILES string of the molecule is C.OCCO.OCCO.OCCO.OCCO.OCCO.OCCOCCO.OCCOCCOCCO.OCc1ccc(CO)cc1. The molecule has 0 unspecified atom stereocenters. The van der Waals surface area contributed by atoms with Crippen LogP contribution in [0, 0.1) is 0 Å². The van der Waals surface area contributed by atoms with Gasteiger partial charge in [0.15, 0.2) is 0 Å².